The molecular formula is C20H28Cl2N4O2S. The maximum Gasteiger partial charge on any atom is 0.228 e. The maximum atomic E-state index is 12.2. The van der Waals surface area contributed by atoms with Crippen molar-refractivity contribution in [3.63, 3.8) is 0 Å². The van der Waals surface area contributed by atoms with E-state index in [1.165, 1.54) is 16.9 Å². The molecule has 1 fully saturated rings. The van der Waals surface area contributed by atoms with Gasteiger partial charge in [-0.05, 0) is 23.5 Å². The van der Waals surface area contributed by atoms with E-state index in [4.69, 9.17) is 5.73 Å². The third-order valence-corrected chi connectivity index (χ3v) is 5.65. The Morgan fingerprint density at radius 3 is 2.48 bits per heavy atom. The van der Waals surface area contributed by atoms with Crippen LogP contribution < -0.4 is 16.0 Å². The summed E-state index contributed by atoms with van der Waals surface area (Å²) in [4.78, 5) is 30.1. The quantitative estimate of drug-likeness (QED) is 0.663. The second kappa shape index (κ2) is 11.5. The zero-order valence-electron chi connectivity index (χ0n) is 16.6. The van der Waals surface area contributed by atoms with Crippen LogP contribution in [-0.2, 0) is 16.0 Å². The summed E-state index contributed by atoms with van der Waals surface area (Å²) in [5, 5.41) is 5.40. The zero-order valence-corrected chi connectivity index (χ0v) is 19.0. The lowest BCUT2D eigenvalue weighted by molar-refractivity contribution is -0.120. The minimum atomic E-state index is -0.247. The van der Waals surface area contributed by atoms with Crippen LogP contribution in [0.2, 0.25) is 0 Å². The standard InChI is InChI=1S/C20H26N4O2S.2ClH/c1-13(2)14-5-7-15(8-6-14)17(21)11-22-18(25)10-16-12-27-20(23-16)24-9-3-4-19(24)26;;/h5-8,12-13,17H,3-4,9-11,21H2,1-2H3,(H,22,25);2*1H. The SMILES string of the molecule is CC(C)c1ccc(C(N)CNC(=O)Cc2csc(N3CCCC3=O)n2)cc1.Cl.Cl. The molecule has 1 unspecified atom stereocenters. The second-order valence-electron chi connectivity index (χ2n) is 7.18. The van der Waals surface area contributed by atoms with Gasteiger partial charge in [-0.25, -0.2) is 4.98 Å². The Hall–Kier alpha value is -1.67. The largest absolute Gasteiger partial charge is 0.354 e. The molecule has 0 saturated carbocycles. The first-order valence-corrected chi connectivity index (χ1v) is 10.2. The van der Waals surface area contributed by atoms with Crippen molar-refractivity contribution in [2.24, 2.45) is 5.73 Å². The number of thiazole rings is 1. The van der Waals surface area contributed by atoms with Gasteiger partial charge in [-0.1, -0.05) is 38.1 Å². The third kappa shape index (κ3) is 6.67. The molecule has 160 valence electrons. The fourth-order valence-corrected chi connectivity index (χ4v) is 3.92. The van der Waals surface area contributed by atoms with Crippen molar-refractivity contribution < 1.29 is 9.59 Å². The molecule has 0 aliphatic carbocycles. The first kappa shape index (κ1) is 25.4. The molecule has 3 rings (SSSR count). The van der Waals surface area contributed by atoms with Crippen LogP contribution >= 0.6 is 36.2 Å². The van der Waals surface area contributed by atoms with E-state index in [0.29, 0.717) is 36.3 Å². The summed E-state index contributed by atoms with van der Waals surface area (Å²) in [6, 6.07) is 7.96. The molecule has 29 heavy (non-hydrogen) atoms. The van der Waals surface area contributed by atoms with E-state index in [1.807, 2.05) is 17.5 Å². The Morgan fingerprint density at radius 1 is 1.24 bits per heavy atom. The van der Waals surface area contributed by atoms with E-state index in [9.17, 15) is 9.59 Å². The summed E-state index contributed by atoms with van der Waals surface area (Å²) >= 11 is 1.41. The smallest absolute Gasteiger partial charge is 0.228 e. The highest BCUT2D eigenvalue weighted by molar-refractivity contribution is 7.14. The molecule has 2 heterocycles. The topological polar surface area (TPSA) is 88.3 Å². The first-order chi connectivity index (χ1) is 12.9. The molecule has 2 aromatic rings. The maximum absolute atomic E-state index is 12.2. The van der Waals surface area contributed by atoms with E-state index < -0.39 is 0 Å². The van der Waals surface area contributed by atoms with Gasteiger partial charge >= 0.3 is 0 Å². The summed E-state index contributed by atoms with van der Waals surface area (Å²) in [5.74, 6) is 0.470. The Labute approximate surface area is 188 Å². The van der Waals surface area contributed by atoms with Crippen LogP contribution in [0.5, 0.6) is 0 Å². The Kier molecular flexibility index (Phi) is 10.1. The lowest BCUT2D eigenvalue weighted by atomic mass is 9.99. The second-order valence-corrected chi connectivity index (χ2v) is 8.02. The number of carbonyl (C=O) groups excluding carboxylic acids is 2. The predicted molar refractivity (Wildman–Crippen MR) is 122 cm³/mol. The van der Waals surface area contributed by atoms with Crippen LogP contribution in [0.3, 0.4) is 0 Å². The average Bonchev–Trinajstić information content (AvgIpc) is 3.28. The summed E-state index contributed by atoms with van der Waals surface area (Å²) in [6.45, 7) is 5.39. The van der Waals surface area contributed by atoms with Crippen LogP contribution in [0.15, 0.2) is 29.6 Å². The van der Waals surface area contributed by atoms with E-state index in [0.717, 1.165) is 12.0 Å². The predicted octanol–water partition coefficient (Wildman–Crippen LogP) is 3.60. The third-order valence-electron chi connectivity index (χ3n) is 4.74. The average molecular weight is 459 g/mol. The molecule has 3 N–H and O–H groups in total. The van der Waals surface area contributed by atoms with E-state index >= 15 is 0 Å². The van der Waals surface area contributed by atoms with Crippen molar-refractivity contribution >= 4 is 53.1 Å². The highest BCUT2D eigenvalue weighted by Crippen LogP contribution is 2.25. The Bertz CT molecular complexity index is 811. The van der Waals surface area contributed by atoms with Crippen LogP contribution in [0, 0.1) is 0 Å². The van der Waals surface area contributed by atoms with E-state index in [1.54, 1.807) is 4.90 Å². The molecule has 6 nitrogen and oxygen atoms in total. The number of carbonyl (C=O) groups is 2. The number of hydrogen-bond donors (Lipinski definition) is 2. The lowest BCUT2D eigenvalue weighted by Gasteiger charge is -2.14. The molecule has 0 radical (unpaired) electrons. The van der Waals surface area contributed by atoms with Crippen molar-refractivity contribution in [2.75, 3.05) is 18.0 Å². The number of amides is 2. The van der Waals surface area contributed by atoms with Gasteiger partial charge in [0.25, 0.3) is 0 Å². The molecule has 0 bridgehead atoms. The number of nitrogens with zero attached hydrogens (tertiary/aromatic N) is 2. The monoisotopic (exact) mass is 458 g/mol. The van der Waals surface area contributed by atoms with Crippen LogP contribution in [-0.4, -0.2) is 29.9 Å². The number of halogens is 2. The molecule has 1 aliphatic rings. The molecule has 2 amide bonds. The van der Waals surface area contributed by atoms with Gasteiger partial charge in [0.1, 0.15) is 0 Å². The van der Waals surface area contributed by atoms with E-state index in [-0.39, 0.29) is 49.1 Å². The molecule has 1 saturated heterocycles. The number of aromatic nitrogens is 1. The van der Waals surface area contributed by atoms with Crippen molar-refractivity contribution in [2.45, 2.75) is 45.1 Å². The summed E-state index contributed by atoms with van der Waals surface area (Å²) in [5.41, 5.74) is 9.15. The zero-order chi connectivity index (χ0) is 19.4. The molecule has 1 aromatic heterocycles. The van der Waals surface area contributed by atoms with Gasteiger partial charge in [-0.3, -0.25) is 14.5 Å². The van der Waals surface area contributed by atoms with Crippen molar-refractivity contribution in [3.05, 3.63) is 46.5 Å². The van der Waals surface area contributed by atoms with Crippen LogP contribution in [0.25, 0.3) is 0 Å². The van der Waals surface area contributed by atoms with Crippen LogP contribution in [0.4, 0.5) is 5.13 Å². The normalized spacial score (nSPS) is 14.3. The lowest BCUT2D eigenvalue weighted by Crippen LogP contribution is -2.33. The molecule has 1 aromatic carbocycles. The fraction of sp³-hybridized carbons (Fsp3) is 0.450. The number of hydrogen-bond acceptors (Lipinski definition) is 5. The van der Waals surface area contributed by atoms with Crippen LogP contribution in [0.1, 0.15) is 55.5 Å². The van der Waals surface area contributed by atoms with Crippen molar-refractivity contribution in [3.8, 4) is 0 Å². The fourth-order valence-electron chi connectivity index (χ4n) is 3.05. The minimum Gasteiger partial charge on any atom is -0.354 e. The molecule has 9 heteroatoms. The number of nitrogens with one attached hydrogen (secondary N) is 1. The van der Waals surface area contributed by atoms with Gasteiger partial charge in [0.05, 0.1) is 12.1 Å². The number of rotatable bonds is 7. The van der Waals surface area contributed by atoms with Gasteiger partial charge in [-0.15, -0.1) is 36.2 Å². The Balaban J connectivity index is 0.00000210. The molecule has 1 atom stereocenters. The number of nitrogens with two attached hydrogens (primary N) is 1. The van der Waals surface area contributed by atoms with E-state index in [2.05, 4.69) is 36.3 Å². The summed E-state index contributed by atoms with van der Waals surface area (Å²) in [7, 11) is 0. The molecule has 0 spiro atoms. The molecular weight excluding hydrogens is 431 g/mol. The van der Waals surface area contributed by atoms with Crippen molar-refractivity contribution in [1.29, 1.82) is 0 Å². The molecule has 1 aliphatic heterocycles. The highest BCUT2D eigenvalue weighted by atomic mass is 35.5. The minimum absolute atomic E-state index is 0. The summed E-state index contributed by atoms with van der Waals surface area (Å²) in [6.07, 6.45) is 1.63. The number of benzene rings is 1. The highest BCUT2D eigenvalue weighted by Gasteiger charge is 2.24. The Morgan fingerprint density at radius 2 is 1.90 bits per heavy atom. The van der Waals surface area contributed by atoms with Crippen molar-refractivity contribution in [1.82, 2.24) is 10.3 Å². The number of anilines is 1. The van der Waals surface area contributed by atoms with Gasteiger partial charge in [0.15, 0.2) is 5.13 Å². The summed E-state index contributed by atoms with van der Waals surface area (Å²) < 4.78 is 0. The van der Waals surface area contributed by atoms with Gasteiger partial charge in [0, 0.05) is 30.9 Å². The van der Waals surface area contributed by atoms with Gasteiger partial charge < -0.3 is 11.1 Å². The van der Waals surface area contributed by atoms with Gasteiger partial charge in [-0.2, -0.15) is 0 Å². The first-order valence-electron chi connectivity index (χ1n) is 9.31. The van der Waals surface area contributed by atoms with Gasteiger partial charge in [0.2, 0.25) is 11.8 Å².